The first kappa shape index (κ1) is 11.8. The molecular formula is C13H13NO2S. The molecule has 4 heteroatoms. The molecule has 0 aliphatic carbocycles. The molecule has 1 aromatic carbocycles. The number of carbonyl (C=O) groups is 1. The molecule has 2 rings (SSSR count). The maximum atomic E-state index is 11.0. The van der Waals surface area contributed by atoms with Crippen molar-refractivity contribution in [2.45, 2.75) is 13.3 Å². The summed E-state index contributed by atoms with van der Waals surface area (Å²) in [5.74, 6) is 0.990. The van der Waals surface area contributed by atoms with Crippen LogP contribution in [0.2, 0.25) is 0 Å². The number of methoxy groups -OCH3 is 1. The second kappa shape index (κ2) is 5.10. The number of ketones is 1. The van der Waals surface area contributed by atoms with Gasteiger partial charge in [-0.2, -0.15) is 0 Å². The highest BCUT2D eigenvalue weighted by molar-refractivity contribution is 7.15. The maximum Gasteiger partial charge on any atom is 0.135 e. The molecule has 17 heavy (non-hydrogen) atoms. The number of benzene rings is 1. The Morgan fingerprint density at radius 3 is 2.65 bits per heavy atom. The number of aromatic nitrogens is 1. The quantitative estimate of drug-likeness (QED) is 0.833. The van der Waals surface area contributed by atoms with Crippen LogP contribution in [0.1, 0.15) is 11.8 Å². The highest BCUT2D eigenvalue weighted by Gasteiger charge is 2.06. The maximum absolute atomic E-state index is 11.0. The summed E-state index contributed by atoms with van der Waals surface area (Å²) in [4.78, 5) is 16.3. The molecule has 0 spiro atoms. The molecule has 0 fully saturated rings. The smallest absolute Gasteiger partial charge is 0.135 e. The summed E-state index contributed by atoms with van der Waals surface area (Å²) >= 11 is 1.56. The van der Waals surface area contributed by atoms with E-state index in [9.17, 15) is 4.79 Å². The summed E-state index contributed by atoms with van der Waals surface area (Å²) in [5.41, 5.74) is 1.05. The number of thiazole rings is 1. The molecule has 0 bridgehead atoms. The van der Waals surface area contributed by atoms with Gasteiger partial charge in [-0.05, 0) is 31.2 Å². The summed E-state index contributed by atoms with van der Waals surface area (Å²) < 4.78 is 5.10. The van der Waals surface area contributed by atoms with Crippen LogP contribution in [-0.2, 0) is 11.2 Å². The number of hydrogen-bond donors (Lipinski definition) is 0. The number of hydrogen-bond acceptors (Lipinski definition) is 4. The van der Waals surface area contributed by atoms with E-state index in [0.29, 0.717) is 6.42 Å². The Balaban J connectivity index is 2.21. The van der Waals surface area contributed by atoms with Gasteiger partial charge >= 0.3 is 0 Å². The topological polar surface area (TPSA) is 39.2 Å². The lowest BCUT2D eigenvalue weighted by Crippen LogP contribution is -1.92. The Hall–Kier alpha value is -1.68. The van der Waals surface area contributed by atoms with Gasteiger partial charge in [0.1, 0.15) is 16.5 Å². The first-order valence-electron chi connectivity index (χ1n) is 5.27. The second-order valence-corrected chi connectivity index (χ2v) is 4.85. The highest BCUT2D eigenvalue weighted by atomic mass is 32.1. The zero-order valence-electron chi connectivity index (χ0n) is 9.77. The van der Waals surface area contributed by atoms with Crippen LogP contribution < -0.4 is 4.74 Å². The van der Waals surface area contributed by atoms with E-state index in [0.717, 1.165) is 21.2 Å². The van der Waals surface area contributed by atoms with Gasteiger partial charge in [0.2, 0.25) is 0 Å². The lowest BCUT2D eigenvalue weighted by atomic mass is 10.2. The molecule has 0 aliphatic heterocycles. The van der Waals surface area contributed by atoms with E-state index in [-0.39, 0.29) is 5.78 Å². The predicted octanol–water partition coefficient (Wildman–Crippen LogP) is 2.95. The molecule has 2 aromatic rings. The van der Waals surface area contributed by atoms with Crippen LogP contribution in [0.25, 0.3) is 10.6 Å². The van der Waals surface area contributed by atoms with E-state index in [4.69, 9.17) is 4.74 Å². The molecule has 1 aromatic heterocycles. The summed E-state index contributed by atoms with van der Waals surface area (Å²) in [7, 11) is 1.64. The molecule has 0 N–H and O–H groups in total. The Labute approximate surface area is 104 Å². The van der Waals surface area contributed by atoms with Crippen LogP contribution >= 0.6 is 11.3 Å². The normalized spacial score (nSPS) is 10.2. The SMILES string of the molecule is COc1ccc(-c2ncc(CC(C)=O)s2)cc1. The van der Waals surface area contributed by atoms with Crippen LogP contribution in [0.5, 0.6) is 5.75 Å². The predicted molar refractivity (Wildman–Crippen MR) is 68.5 cm³/mol. The van der Waals surface area contributed by atoms with E-state index in [1.54, 1.807) is 31.6 Å². The number of carbonyl (C=O) groups excluding carboxylic acids is 1. The third-order valence-electron chi connectivity index (χ3n) is 2.31. The van der Waals surface area contributed by atoms with E-state index in [1.165, 1.54) is 0 Å². The Kier molecular flexibility index (Phi) is 3.54. The summed E-state index contributed by atoms with van der Waals surface area (Å²) in [6, 6.07) is 7.74. The monoisotopic (exact) mass is 247 g/mol. The van der Waals surface area contributed by atoms with Gasteiger partial charge in [-0.15, -0.1) is 11.3 Å². The van der Waals surface area contributed by atoms with E-state index in [2.05, 4.69) is 4.98 Å². The van der Waals surface area contributed by atoms with Crippen molar-refractivity contribution in [3.05, 3.63) is 35.3 Å². The van der Waals surface area contributed by atoms with Gasteiger partial charge in [-0.1, -0.05) is 0 Å². The van der Waals surface area contributed by atoms with Gasteiger partial charge in [-0.3, -0.25) is 4.79 Å². The highest BCUT2D eigenvalue weighted by Crippen LogP contribution is 2.27. The minimum absolute atomic E-state index is 0.162. The third-order valence-corrected chi connectivity index (χ3v) is 3.36. The Morgan fingerprint density at radius 2 is 2.06 bits per heavy atom. The molecule has 3 nitrogen and oxygen atoms in total. The lowest BCUT2D eigenvalue weighted by molar-refractivity contribution is -0.116. The molecule has 0 saturated heterocycles. The first-order chi connectivity index (χ1) is 8.19. The van der Waals surface area contributed by atoms with Crippen molar-refractivity contribution in [1.29, 1.82) is 0 Å². The lowest BCUT2D eigenvalue weighted by Gasteiger charge is -1.99. The number of ether oxygens (including phenoxy) is 1. The van der Waals surface area contributed by atoms with Crippen molar-refractivity contribution in [3.63, 3.8) is 0 Å². The minimum atomic E-state index is 0.162. The molecule has 0 unspecified atom stereocenters. The van der Waals surface area contributed by atoms with E-state index >= 15 is 0 Å². The van der Waals surface area contributed by atoms with Crippen LogP contribution in [0.4, 0.5) is 0 Å². The van der Waals surface area contributed by atoms with Gasteiger partial charge in [0.25, 0.3) is 0 Å². The average Bonchev–Trinajstić information content (AvgIpc) is 2.77. The average molecular weight is 247 g/mol. The van der Waals surface area contributed by atoms with Crippen LogP contribution in [0.3, 0.4) is 0 Å². The van der Waals surface area contributed by atoms with Gasteiger partial charge in [0, 0.05) is 23.1 Å². The standard InChI is InChI=1S/C13H13NO2S/c1-9(15)7-12-8-14-13(17-12)10-3-5-11(16-2)6-4-10/h3-6,8H,7H2,1-2H3. The van der Waals surface area contributed by atoms with Gasteiger partial charge < -0.3 is 4.74 Å². The minimum Gasteiger partial charge on any atom is -0.497 e. The third kappa shape index (κ3) is 2.91. The van der Waals surface area contributed by atoms with Crippen molar-refractivity contribution in [2.24, 2.45) is 0 Å². The zero-order chi connectivity index (χ0) is 12.3. The van der Waals surface area contributed by atoms with Gasteiger partial charge in [-0.25, -0.2) is 4.98 Å². The molecule has 88 valence electrons. The fourth-order valence-electron chi connectivity index (χ4n) is 1.50. The first-order valence-corrected chi connectivity index (χ1v) is 6.09. The summed E-state index contributed by atoms with van der Waals surface area (Å²) in [6.45, 7) is 1.59. The molecule has 0 atom stereocenters. The molecule has 1 heterocycles. The van der Waals surface area contributed by atoms with Crippen molar-refractivity contribution >= 4 is 17.1 Å². The molecule has 0 aliphatic rings. The van der Waals surface area contributed by atoms with E-state index < -0.39 is 0 Å². The van der Waals surface area contributed by atoms with Crippen molar-refractivity contribution in [3.8, 4) is 16.3 Å². The fourth-order valence-corrected chi connectivity index (χ4v) is 2.49. The molecule has 0 saturated carbocycles. The number of Topliss-reactive ketones (excluding diaryl/α,β-unsaturated/α-hetero) is 1. The largest absolute Gasteiger partial charge is 0.497 e. The van der Waals surface area contributed by atoms with Crippen molar-refractivity contribution < 1.29 is 9.53 Å². The summed E-state index contributed by atoms with van der Waals surface area (Å²) in [5, 5.41) is 0.934. The van der Waals surface area contributed by atoms with Crippen LogP contribution in [-0.4, -0.2) is 17.9 Å². The van der Waals surface area contributed by atoms with Gasteiger partial charge in [0.05, 0.1) is 7.11 Å². The van der Waals surface area contributed by atoms with Crippen LogP contribution in [0, 0.1) is 0 Å². The fraction of sp³-hybridized carbons (Fsp3) is 0.231. The number of rotatable bonds is 4. The summed E-state index contributed by atoms with van der Waals surface area (Å²) in [6.07, 6.45) is 2.24. The molecular weight excluding hydrogens is 234 g/mol. The Bertz CT molecular complexity index is 516. The van der Waals surface area contributed by atoms with Crippen molar-refractivity contribution in [1.82, 2.24) is 4.98 Å². The molecule has 0 amide bonds. The Morgan fingerprint density at radius 1 is 1.35 bits per heavy atom. The number of nitrogens with zero attached hydrogens (tertiary/aromatic N) is 1. The van der Waals surface area contributed by atoms with Crippen LogP contribution in [0.15, 0.2) is 30.5 Å². The van der Waals surface area contributed by atoms with E-state index in [1.807, 2.05) is 24.3 Å². The van der Waals surface area contributed by atoms with Gasteiger partial charge in [0.15, 0.2) is 0 Å². The zero-order valence-corrected chi connectivity index (χ0v) is 10.6. The second-order valence-electron chi connectivity index (χ2n) is 3.74. The van der Waals surface area contributed by atoms with Crippen molar-refractivity contribution in [2.75, 3.05) is 7.11 Å². The molecule has 0 radical (unpaired) electrons.